The molecular weight excluding hydrogens is 278 g/mol. The Morgan fingerprint density at radius 3 is 2.68 bits per heavy atom. The van der Waals surface area contributed by atoms with Gasteiger partial charge < -0.3 is 0 Å². The highest BCUT2D eigenvalue weighted by Gasteiger charge is 2.45. The summed E-state index contributed by atoms with van der Waals surface area (Å²) in [5.41, 5.74) is 2.65. The van der Waals surface area contributed by atoms with E-state index in [-0.39, 0.29) is 11.5 Å². The van der Waals surface area contributed by atoms with Crippen LogP contribution < -0.4 is 0 Å². The quantitative estimate of drug-likeness (QED) is 0.838. The van der Waals surface area contributed by atoms with Gasteiger partial charge in [0.25, 0.3) is 0 Å². The van der Waals surface area contributed by atoms with Crippen molar-refractivity contribution in [2.24, 2.45) is 0 Å². The van der Waals surface area contributed by atoms with Crippen molar-refractivity contribution in [1.82, 2.24) is 9.96 Å². The Morgan fingerprint density at radius 2 is 2.09 bits per heavy atom. The van der Waals surface area contributed by atoms with E-state index in [1.54, 1.807) is 7.05 Å². The Balaban J connectivity index is 1.61. The van der Waals surface area contributed by atoms with Gasteiger partial charge in [-0.3, -0.25) is 14.5 Å². The van der Waals surface area contributed by atoms with Crippen molar-refractivity contribution >= 4 is 5.91 Å². The summed E-state index contributed by atoms with van der Waals surface area (Å²) in [6.45, 7) is 4.63. The molecule has 0 aliphatic carbocycles. The van der Waals surface area contributed by atoms with Gasteiger partial charge in [0.15, 0.2) is 0 Å². The molecule has 0 unspecified atom stereocenters. The lowest BCUT2D eigenvalue weighted by molar-refractivity contribution is -0.199. The number of hydrogen-bond acceptors (Lipinski definition) is 4. The molecule has 0 bridgehead atoms. The summed E-state index contributed by atoms with van der Waals surface area (Å²) < 4.78 is 0. The van der Waals surface area contributed by atoms with Gasteiger partial charge in [0, 0.05) is 26.7 Å². The Labute approximate surface area is 131 Å². The number of benzene rings is 1. The minimum absolute atomic E-state index is 0.0747. The monoisotopic (exact) mass is 299 g/mol. The van der Waals surface area contributed by atoms with E-state index in [0.29, 0.717) is 6.42 Å². The number of nitrogens with zero attached hydrogens (tertiary/aromatic N) is 3. The summed E-state index contributed by atoms with van der Waals surface area (Å²) in [5, 5.41) is 10.5. The topological polar surface area (TPSA) is 56.6 Å². The highest BCUT2D eigenvalue weighted by Crippen LogP contribution is 2.36. The molecule has 22 heavy (non-hydrogen) atoms. The average Bonchev–Trinajstić information content (AvgIpc) is 2.78. The summed E-state index contributed by atoms with van der Waals surface area (Å²) in [7, 11) is 1.69. The minimum Gasteiger partial charge on any atom is -0.299 e. The summed E-state index contributed by atoms with van der Waals surface area (Å²) >= 11 is 0. The maximum Gasteiger partial charge on any atom is 0.248 e. The van der Waals surface area contributed by atoms with Crippen LogP contribution in [-0.4, -0.2) is 41.6 Å². The molecule has 0 saturated carbocycles. The maximum atomic E-state index is 11.7. The molecule has 116 valence electrons. The highest BCUT2D eigenvalue weighted by molar-refractivity contribution is 5.77. The zero-order valence-corrected chi connectivity index (χ0v) is 13.1. The van der Waals surface area contributed by atoms with Crippen LogP contribution in [0.5, 0.6) is 0 Å². The Kier molecular flexibility index (Phi) is 3.90. The normalized spacial score (nSPS) is 21.3. The Hall–Kier alpha value is -1.90. The van der Waals surface area contributed by atoms with Crippen molar-refractivity contribution in [2.75, 3.05) is 20.1 Å². The molecule has 2 aliphatic rings. The van der Waals surface area contributed by atoms with Gasteiger partial charge in [0.05, 0.1) is 18.1 Å². The van der Waals surface area contributed by atoms with Crippen molar-refractivity contribution < 1.29 is 9.63 Å². The fourth-order valence-corrected chi connectivity index (χ4v) is 3.29. The van der Waals surface area contributed by atoms with Crippen molar-refractivity contribution in [1.29, 1.82) is 5.26 Å². The third kappa shape index (κ3) is 2.85. The Bertz CT molecular complexity index is 627. The second-order valence-electron chi connectivity index (χ2n) is 6.38. The second-order valence-corrected chi connectivity index (χ2v) is 6.38. The minimum atomic E-state index is -0.284. The van der Waals surface area contributed by atoms with Gasteiger partial charge >= 0.3 is 0 Å². The van der Waals surface area contributed by atoms with E-state index in [2.05, 4.69) is 17.0 Å². The van der Waals surface area contributed by atoms with Gasteiger partial charge in [-0.05, 0) is 37.0 Å². The summed E-state index contributed by atoms with van der Waals surface area (Å²) in [5.74, 6) is 0.0747. The first-order valence-electron chi connectivity index (χ1n) is 7.69. The number of nitriles is 1. The number of aryl methyl sites for hydroxylation is 1. The van der Waals surface area contributed by atoms with Gasteiger partial charge in [-0.2, -0.15) is 5.26 Å². The molecule has 1 aromatic carbocycles. The molecule has 5 nitrogen and oxygen atoms in total. The van der Waals surface area contributed by atoms with Crippen LogP contribution in [0, 0.1) is 18.3 Å². The zero-order valence-electron chi connectivity index (χ0n) is 13.1. The third-order valence-electron chi connectivity index (χ3n) is 4.75. The van der Waals surface area contributed by atoms with E-state index in [1.165, 1.54) is 10.6 Å². The lowest BCUT2D eigenvalue weighted by Gasteiger charge is -2.37. The van der Waals surface area contributed by atoms with Crippen LogP contribution in [0.15, 0.2) is 18.2 Å². The molecular formula is C17H21N3O2. The van der Waals surface area contributed by atoms with E-state index in [0.717, 1.165) is 43.6 Å². The van der Waals surface area contributed by atoms with E-state index >= 15 is 0 Å². The summed E-state index contributed by atoms with van der Waals surface area (Å²) in [4.78, 5) is 19.8. The first-order chi connectivity index (χ1) is 10.5. The number of carbonyl (C=O) groups excluding carboxylic acids is 1. The van der Waals surface area contributed by atoms with Crippen molar-refractivity contribution in [3.05, 3.63) is 34.9 Å². The molecule has 1 spiro atoms. The zero-order chi connectivity index (χ0) is 15.7. The SMILES string of the molecule is Cc1ccc(CN2CCC3(CC2)CC(=O)N(C)O3)cc1C#N. The largest absolute Gasteiger partial charge is 0.299 e. The number of piperidine rings is 1. The van der Waals surface area contributed by atoms with Crippen molar-refractivity contribution in [2.45, 2.75) is 38.3 Å². The maximum absolute atomic E-state index is 11.7. The lowest BCUT2D eigenvalue weighted by Crippen LogP contribution is -2.44. The molecule has 0 atom stereocenters. The number of carbonyl (C=O) groups is 1. The molecule has 2 heterocycles. The van der Waals surface area contributed by atoms with Crippen LogP contribution >= 0.6 is 0 Å². The van der Waals surface area contributed by atoms with Gasteiger partial charge in [-0.25, -0.2) is 5.06 Å². The molecule has 0 N–H and O–H groups in total. The smallest absolute Gasteiger partial charge is 0.248 e. The Morgan fingerprint density at radius 1 is 1.36 bits per heavy atom. The molecule has 2 saturated heterocycles. The van der Waals surface area contributed by atoms with Gasteiger partial charge in [0.2, 0.25) is 5.91 Å². The molecule has 0 aromatic heterocycles. The van der Waals surface area contributed by atoms with E-state index in [4.69, 9.17) is 10.1 Å². The first kappa shape index (κ1) is 15.0. The predicted octanol–water partition coefficient (Wildman–Crippen LogP) is 2.00. The molecule has 5 heteroatoms. The molecule has 1 aromatic rings. The summed E-state index contributed by atoms with van der Waals surface area (Å²) in [6, 6.07) is 8.31. The van der Waals surface area contributed by atoms with Crippen LogP contribution in [0.4, 0.5) is 0 Å². The van der Waals surface area contributed by atoms with E-state index in [1.807, 2.05) is 19.1 Å². The van der Waals surface area contributed by atoms with Crippen LogP contribution in [-0.2, 0) is 16.2 Å². The summed E-state index contributed by atoms with van der Waals surface area (Å²) in [6.07, 6.45) is 2.25. The second kappa shape index (κ2) is 5.71. The van der Waals surface area contributed by atoms with Crippen LogP contribution in [0.2, 0.25) is 0 Å². The number of rotatable bonds is 2. The lowest BCUT2D eigenvalue weighted by atomic mass is 9.88. The standard InChI is InChI=1S/C17H21N3O2/c1-13-3-4-14(9-15(13)11-18)12-20-7-5-17(6-8-20)10-16(21)19(2)22-17/h3-4,9H,5-8,10,12H2,1-2H3. The van der Waals surface area contributed by atoms with Crippen molar-refractivity contribution in [3.63, 3.8) is 0 Å². The fourth-order valence-electron chi connectivity index (χ4n) is 3.29. The molecule has 2 aliphatic heterocycles. The van der Waals surface area contributed by atoms with Gasteiger partial charge in [-0.15, -0.1) is 0 Å². The predicted molar refractivity (Wildman–Crippen MR) is 81.6 cm³/mol. The number of hydrogen-bond donors (Lipinski definition) is 0. The van der Waals surface area contributed by atoms with Crippen LogP contribution in [0.1, 0.15) is 36.0 Å². The fraction of sp³-hybridized carbons (Fsp3) is 0.529. The molecule has 1 amide bonds. The van der Waals surface area contributed by atoms with Crippen LogP contribution in [0.3, 0.4) is 0 Å². The van der Waals surface area contributed by atoms with Crippen molar-refractivity contribution in [3.8, 4) is 6.07 Å². The first-order valence-corrected chi connectivity index (χ1v) is 7.69. The van der Waals surface area contributed by atoms with E-state index in [9.17, 15) is 4.79 Å². The number of amides is 1. The molecule has 0 radical (unpaired) electrons. The van der Waals surface area contributed by atoms with Crippen LogP contribution in [0.25, 0.3) is 0 Å². The molecule has 2 fully saturated rings. The van der Waals surface area contributed by atoms with Gasteiger partial charge in [0.1, 0.15) is 5.60 Å². The third-order valence-corrected chi connectivity index (χ3v) is 4.75. The van der Waals surface area contributed by atoms with E-state index < -0.39 is 0 Å². The number of hydroxylamine groups is 2. The van der Waals surface area contributed by atoms with Gasteiger partial charge in [-0.1, -0.05) is 12.1 Å². The number of likely N-dealkylation sites (tertiary alicyclic amines) is 1. The highest BCUT2D eigenvalue weighted by atomic mass is 16.7. The molecule has 3 rings (SSSR count). The average molecular weight is 299 g/mol.